The second-order valence-corrected chi connectivity index (χ2v) is 8.02. The molecule has 4 heteroatoms. The first kappa shape index (κ1) is 19.9. The van der Waals surface area contributed by atoms with Gasteiger partial charge in [-0.05, 0) is 68.5 Å². The van der Waals surface area contributed by atoms with Gasteiger partial charge in [0.05, 0.1) is 11.4 Å². The van der Waals surface area contributed by atoms with Crippen molar-refractivity contribution < 1.29 is 4.79 Å². The van der Waals surface area contributed by atoms with Gasteiger partial charge in [-0.15, -0.1) is 0 Å². The summed E-state index contributed by atoms with van der Waals surface area (Å²) in [5, 5.41) is 7.84. The number of nitrogens with one attached hydrogen (secondary N) is 1. The van der Waals surface area contributed by atoms with Crippen LogP contribution in [0.25, 0.3) is 16.9 Å². The number of aryl methyl sites for hydroxylation is 4. The molecule has 0 aliphatic heterocycles. The molecule has 0 saturated heterocycles. The van der Waals surface area contributed by atoms with Crippen LogP contribution in [-0.2, 0) is 0 Å². The monoisotopic (exact) mass is 375 g/mol. The Bertz CT molecular complexity index is 1010. The predicted octanol–water partition coefficient (Wildman–Crippen LogP) is 5.16. The van der Waals surface area contributed by atoms with Crippen LogP contribution in [0, 0.1) is 33.6 Å². The molecule has 2 aromatic carbocycles. The van der Waals surface area contributed by atoms with Crippen molar-refractivity contribution in [2.45, 2.75) is 41.5 Å². The van der Waals surface area contributed by atoms with Crippen LogP contribution < -0.4 is 5.32 Å². The maximum atomic E-state index is 12.9. The summed E-state index contributed by atoms with van der Waals surface area (Å²) in [5.41, 5.74) is 8.04. The molecular weight excluding hydrogens is 346 g/mol. The van der Waals surface area contributed by atoms with Gasteiger partial charge in [-0.1, -0.05) is 43.7 Å². The van der Waals surface area contributed by atoms with Gasteiger partial charge in [-0.2, -0.15) is 5.10 Å². The summed E-state index contributed by atoms with van der Waals surface area (Å²) < 4.78 is 1.77. The van der Waals surface area contributed by atoms with E-state index in [4.69, 9.17) is 5.10 Å². The van der Waals surface area contributed by atoms with Crippen molar-refractivity contribution in [3.8, 4) is 16.9 Å². The Kier molecular flexibility index (Phi) is 5.68. The lowest BCUT2D eigenvalue weighted by Crippen LogP contribution is -2.29. The van der Waals surface area contributed by atoms with E-state index in [2.05, 4.69) is 77.2 Å². The molecule has 1 aromatic heterocycles. The minimum Gasteiger partial charge on any atom is -0.350 e. The number of amides is 1. The Morgan fingerprint density at radius 2 is 1.71 bits per heavy atom. The lowest BCUT2D eigenvalue weighted by atomic mass is 10.0. The highest BCUT2D eigenvalue weighted by Crippen LogP contribution is 2.25. The SMILES string of the molecule is Cc1ccc(-n2nc(-c3ccc(C)c(C)c3)cc2C(=O)NCC(C)C)c(C)c1. The summed E-state index contributed by atoms with van der Waals surface area (Å²) in [6.07, 6.45) is 0. The molecular formula is C24H29N3O. The molecule has 28 heavy (non-hydrogen) atoms. The highest BCUT2D eigenvalue weighted by atomic mass is 16.2. The van der Waals surface area contributed by atoms with Crippen LogP contribution in [0.1, 0.15) is 46.6 Å². The van der Waals surface area contributed by atoms with Crippen molar-refractivity contribution in [2.75, 3.05) is 6.54 Å². The van der Waals surface area contributed by atoms with E-state index in [1.165, 1.54) is 16.7 Å². The predicted molar refractivity (Wildman–Crippen MR) is 115 cm³/mol. The van der Waals surface area contributed by atoms with Crippen molar-refractivity contribution in [2.24, 2.45) is 5.92 Å². The fraction of sp³-hybridized carbons (Fsp3) is 0.333. The third kappa shape index (κ3) is 4.16. The van der Waals surface area contributed by atoms with Gasteiger partial charge in [0.2, 0.25) is 0 Å². The Morgan fingerprint density at radius 3 is 2.36 bits per heavy atom. The number of nitrogens with zero attached hydrogens (tertiary/aromatic N) is 2. The summed E-state index contributed by atoms with van der Waals surface area (Å²) in [5.74, 6) is 0.289. The summed E-state index contributed by atoms with van der Waals surface area (Å²) >= 11 is 0. The molecule has 3 rings (SSSR count). The second kappa shape index (κ2) is 8.01. The number of hydrogen-bond donors (Lipinski definition) is 1. The van der Waals surface area contributed by atoms with Crippen molar-refractivity contribution in [3.05, 3.63) is 70.4 Å². The van der Waals surface area contributed by atoms with E-state index >= 15 is 0 Å². The van der Waals surface area contributed by atoms with Gasteiger partial charge in [0.25, 0.3) is 5.91 Å². The Balaban J connectivity index is 2.11. The quantitative estimate of drug-likeness (QED) is 0.670. The van der Waals surface area contributed by atoms with E-state index in [1.807, 2.05) is 12.1 Å². The molecule has 4 nitrogen and oxygen atoms in total. The molecule has 1 heterocycles. The first-order valence-electron chi connectivity index (χ1n) is 9.79. The minimum absolute atomic E-state index is 0.101. The molecule has 0 unspecified atom stereocenters. The van der Waals surface area contributed by atoms with E-state index in [-0.39, 0.29) is 5.91 Å². The van der Waals surface area contributed by atoms with Crippen LogP contribution in [0.5, 0.6) is 0 Å². The van der Waals surface area contributed by atoms with Gasteiger partial charge < -0.3 is 5.32 Å². The molecule has 0 fully saturated rings. The van der Waals surface area contributed by atoms with Gasteiger partial charge in [-0.25, -0.2) is 4.68 Å². The number of benzene rings is 2. The Morgan fingerprint density at radius 1 is 0.964 bits per heavy atom. The van der Waals surface area contributed by atoms with Crippen molar-refractivity contribution in [3.63, 3.8) is 0 Å². The lowest BCUT2D eigenvalue weighted by molar-refractivity contribution is 0.0941. The first-order chi connectivity index (χ1) is 13.3. The Hall–Kier alpha value is -2.88. The fourth-order valence-corrected chi connectivity index (χ4v) is 3.20. The summed E-state index contributed by atoms with van der Waals surface area (Å²) in [6, 6.07) is 14.4. The third-order valence-electron chi connectivity index (χ3n) is 5.00. The molecule has 0 spiro atoms. The zero-order valence-electron chi connectivity index (χ0n) is 17.6. The molecule has 3 aromatic rings. The van der Waals surface area contributed by atoms with Crippen LogP contribution in [-0.4, -0.2) is 22.2 Å². The Labute approximate surface area is 167 Å². The van der Waals surface area contributed by atoms with Crippen LogP contribution in [0.4, 0.5) is 0 Å². The number of aromatic nitrogens is 2. The van der Waals surface area contributed by atoms with E-state index < -0.39 is 0 Å². The number of hydrogen-bond acceptors (Lipinski definition) is 2. The zero-order valence-corrected chi connectivity index (χ0v) is 17.6. The lowest BCUT2D eigenvalue weighted by Gasteiger charge is -2.12. The number of carbonyl (C=O) groups excluding carboxylic acids is 1. The second-order valence-electron chi connectivity index (χ2n) is 8.02. The maximum absolute atomic E-state index is 12.9. The van der Waals surface area contributed by atoms with Crippen LogP contribution >= 0.6 is 0 Å². The van der Waals surface area contributed by atoms with Gasteiger partial charge in [0, 0.05) is 12.1 Å². The summed E-state index contributed by atoms with van der Waals surface area (Å²) in [4.78, 5) is 12.9. The molecule has 146 valence electrons. The topological polar surface area (TPSA) is 46.9 Å². The van der Waals surface area contributed by atoms with E-state index in [0.29, 0.717) is 18.2 Å². The van der Waals surface area contributed by atoms with E-state index in [1.54, 1.807) is 4.68 Å². The zero-order chi connectivity index (χ0) is 20.4. The molecule has 1 N–H and O–H groups in total. The van der Waals surface area contributed by atoms with Crippen molar-refractivity contribution in [1.29, 1.82) is 0 Å². The average Bonchev–Trinajstić information content (AvgIpc) is 3.07. The largest absolute Gasteiger partial charge is 0.350 e. The van der Waals surface area contributed by atoms with Crippen LogP contribution in [0.15, 0.2) is 42.5 Å². The van der Waals surface area contributed by atoms with Crippen molar-refractivity contribution >= 4 is 5.91 Å². The van der Waals surface area contributed by atoms with Gasteiger partial charge in [0.15, 0.2) is 0 Å². The molecule has 0 radical (unpaired) electrons. The van der Waals surface area contributed by atoms with E-state index in [9.17, 15) is 4.79 Å². The van der Waals surface area contributed by atoms with Gasteiger partial charge in [0.1, 0.15) is 5.69 Å². The molecule has 0 saturated carbocycles. The number of carbonyl (C=O) groups is 1. The maximum Gasteiger partial charge on any atom is 0.270 e. The molecule has 1 amide bonds. The molecule has 0 atom stereocenters. The highest BCUT2D eigenvalue weighted by Gasteiger charge is 2.19. The summed E-state index contributed by atoms with van der Waals surface area (Å²) in [7, 11) is 0. The smallest absolute Gasteiger partial charge is 0.270 e. The fourth-order valence-electron chi connectivity index (χ4n) is 3.20. The molecule has 0 aliphatic carbocycles. The molecule has 0 aliphatic rings. The standard InChI is InChI=1S/C24H29N3O/c1-15(2)14-25-24(28)23-13-21(20-9-8-17(4)18(5)12-20)26-27(23)22-10-7-16(3)11-19(22)6/h7-13,15H,14H2,1-6H3,(H,25,28). The number of rotatable bonds is 5. The third-order valence-corrected chi connectivity index (χ3v) is 5.00. The normalized spacial score (nSPS) is 11.1. The minimum atomic E-state index is -0.101. The van der Waals surface area contributed by atoms with Crippen LogP contribution in [0.2, 0.25) is 0 Å². The average molecular weight is 376 g/mol. The summed E-state index contributed by atoms with van der Waals surface area (Å²) in [6.45, 7) is 13.1. The van der Waals surface area contributed by atoms with E-state index in [0.717, 1.165) is 22.5 Å². The van der Waals surface area contributed by atoms with Crippen LogP contribution in [0.3, 0.4) is 0 Å². The molecule has 0 bridgehead atoms. The van der Waals surface area contributed by atoms with Crippen molar-refractivity contribution in [1.82, 2.24) is 15.1 Å². The van der Waals surface area contributed by atoms with Gasteiger partial charge in [-0.3, -0.25) is 4.79 Å². The first-order valence-corrected chi connectivity index (χ1v) is 9.79. The van der Waals surface area contributed by atoms with Gasteiger partial charge >= 0.3 is 0 Å². The highest BCUT2D eigenvalue weighted by molar-refractivity contribution is 5.94.